The third-order valence-electron chi connectivity index (χ3n) is 10.2. The molecule has 1 aromatic heterocycles. The average molecular weight is 549 g/mol. The standard InChI is InChI=1S/C34H45FN2O3/c1-17(2)22-10-7-19(5)13-25(22)30-29(16-27-24-15-21(35)9-12-28(24)37-33(27)38)36-32(31(30)34(39)40)26-14-20(6)8-11-23(26)18(3)4/h9,12,15-20,22-23,25-26,36H,7-8,10-11,13-14H2,1-6H3,(H,37,38)(H,39,40)/b27-16-. The van der Waals surface area contributed by atoms with Gasteiger partial charge in [0.1, 0.15) is 5.82 Å². The molecule has 2 heterocycles. The number of aromatic carboxylic acids is 1. The van der Waals surface area contributed by atoms with Crippen molar-refractivity contribution in [1.29, 1.82) is 0 Å². The van der Waals surface area contributed by atoms with E-state index in [-0.39, 0.29) is 17.7 Å². The Labute approximate surface area is 238 Å². The maximum absolute atomic E-state index is 14.3. The number of hydrogen-bond donors (Lipinski definition) is 3. The van der Waals surface area contributed by atoms with Gasteiger partial charge in [0.25, 0.3) is 5.91 Å². The van der Waals surface area contributed by atoms with Gasteiger partial charge in [-0.25, -0.2) is 9.18 Å². The molecule has 0 radical (unpaired) electrons. The SMILES string of the molecule is CC1CCC(C(C)C)C(c2[nH]c(/C=C3\C(=O)Nc4ccc(F)cc43)c(C3CC(C)CCC3C(C)C)c2C(=O)O)C1. The van der Waals surface area contributed by atoms with E-state index in [1.807, 2.05) is 0 Å². The lowest BCUT2D eigenvalue weighted by Gasteiger charge is -2.39. The normalized spacial score (nSPS) is 29.7. The highest BCUT2D eigenvalue weighted by atomic mass is 19.1. The van der Waals surface area contributed by atoms with Crippen LogP contribution in [0.5, 0.6) is 0 Å². The molecule has 5 rings (SSSR count). The van der Waals surface area contributed by atoms with Crippen LogP contribution in [0.3, 0.4) is 0 Å². The van der Waals surface area contributed by atoms with E-state index in [2.05, 4.69) is 51.8 Å². The van der Waals surface area contributed by atoms with E-state index >= 15 is 0 Å². The molecule has 1 aromatic carbocycles. The molecule has 40 heavy (non-hydrogen) atoms. The number of fused-ring (bicyclic) bond motifs is 1. The zero-order valence-electron chi connectivity index (χ0n) is 24.8. The van der Waals surface area contributed by atoms with Gasteiger partial charge in [-0.1, -0.05) is 54.4 Å². The number of benzene rings is 1. The van der Waals surface area contributed by atoms with Crippen molar-refractivity contribution in [3.63, 3.8) is 0 Å². The van der Waals surface area contributed by atoms with Crippen LogP contribution in [0, 0.1) is 41.3 Å². The summed E-state index contributed by atoms with van der Waals surface area (Å²) in [6, 6.07) is 4.31. The second-order valence-electron chi connectivity index (χ2n) is 13.6. The second-order valence-corrected chi connectivity index (χ2v) is 13.6. The molecule has 2 aromatic rings. The fraction of sp³-hybridized carbons (Fsp3) is 0.588. The zero-order chi connectivity index (χ0) is 28.9. The lowest BCUT2D eigenvalue weighted by molar-refractivity contribution is -0.110. The maximum Gasteiger partial charge on any atom is 0.337 e. The van der Waals surface area contributed by atoms with Gasteiger partial charge in [-0.15, -0.1) is 0 Å². The molecule has 2 aliphatic carbocycles. The first kappa shape index (κ1) is 28.6. The first-order valence-corrected chi connectivity index (χ1v) is 15.3. The van der Waals surface area contributed by atoms with Gasteiger partial charge in [-0.05, 0) is 96.9 Å². The maximum atomic E-state index is 14.3. The van der Waals surface area contributed by atoms with E-state index in [0.29, 0.717) is 63.6 Å². The summed E-state index contributed by atoms with van der Waals surface area (Å²) < 4.78 is 14.3. The number of hydrogen-bond acceptors (Lipinski definition) is 2. The zero-order valence-corrected chi connectivity index (χ0v) is 24.8. The summed E-state index contributed by atoms with van der Waals surface area (Å²) in [4.78, 5) is 30.0. The molecule has 1 amide bonds. The smallest absolute Gasteiger partial charge is 0.337 e. The van der Waals surface area contributed by atoms with E-state index in [0.717, 1.165) is 49.8 Å². The van der Waals surface area contributed by atoms with Gasteiger partial charge in [0.15, 0.2) is 0 Å². The van der Waals surface area contributed by atoms with E-state index in [1.165, 1.54) is 12.1 Å². The summed E-state index contributed by atoms with van der Waals surface area (Å²) in [7, 11) is 0. The highest BCUT2D eigenvalue weighted by molar-refractivity contribution is 6.35. The number of aromatic amines is 1. The van der Waals surface area contributed by atoms with Crippen LogP contribution in [0.15, 0.2) is 18.2 Å². The van der Waals surface area contributed by atoms with Crippen LogP contribution < -0.4 is 5.32 Å². The van der Waals surface area contributed by atoms with Crippen molar-refractivity contribution in [3.05, 3.63) is 52.1 Å². The minimum absolute atomic E-state index is 0.0710. The fourth-order valence-electron chi connectivity index (χ4n) is 8.08. The molecule has 6 atom stereocenters. The summed E-state index contributed by atoms with van der Waals surface area (Å²) in [6.07, 6.45) is 8.11. The number of carbonyl (C=O) groups is 2. The van der Waals surface area contributed by atoms with Gasteiger partial charge in [0.05, 0.1) is 11.1 Å². The number of carboxylic acids is 1. The number of carbonyl (C=O) groups excluding carboxylic acids is 1. The van der Waals surface area contributed by atoms with Crippen LogP contribution >= 0.6 is 0 Å². The molecule has 6 unspecified atom stereocenters. The fourth-order valence-corrected chi connectivity index (χ4v) is 8.08. The summed E-state index contributed by atoms with van der Waals surface area (Å²) >= 11 is 0. The topological polar surface area (TPSA) is 82.2 Å². The van der Waals surface area contributed by atoms with E-state index < -0.39 is 11.8 Å². The van der Waals surface area contributed by atoms with Crippen LogP contribution in [-0.4, -0.2) is 22.0 Å². The quantitative estimate of drug-likeness (QED) is 0.316. The van der Waals surface area contributed by atoms with Gasteiger partial charge < -0.3 is 15.4 Å². The van der Waals surface area contributed by atoms with Crippen LogP contribution in [-0.2, 0) is 4.79 Å². The number of halogens is 1. The van der Waals surface area contributed by atoms with Crippen molar-refractivity contribution < 1.29 is 19.1 Å². The predicted octanol–water partition coefficient (Wildman–Crippen LogP) is 8.70. The van der Waals surface area contributed by atoms with Crippen molar-refractivity contribution in [1.82, 2.24) is 4.98 Å². The first-order chi connectivity index (χ1) is 19.0. The number of anilines is 1. The molecule has 1 aliphatic heterocycles. The molecule has 0 spiro atoms. The van der Waals surface area contributed by atoms with Gasteiger partial charge in [0, 0.05) is 28.6 Å². The number of nitrogens with one attached hydrogen (secondary N) is 2. The lowest BCUT2D eigenvalue weighted by atomic mass is 9.65. The lowest BCUT2D eigenvalue weighted by Crippen LogP contribution is -2.29. The largest absolute Gasteiger partial charge is 0.478 e. The van der Waals surface area contributed by atoms with Crippen LogP contribution in [0.4, 0.5) is 10.1 Å². The summed E-state index contributed by atoms with van der Waals surface area (Å²) in [5.41, 5.74) is 4.27. The molecule has 0 saturated heterocycles. The van der Waals surface area contributed by atoms with E-state index in [1.54, 1.807) is 12.1 Å². The Balaban J connectivity index is 1.76. The Morgan fingerprint density at radius 1 is 0.975 bits per heavy atom. The molecular formula is C34H45FN2O3. The molecule has 0 bridgehead atoms. The van der Waals surface area contributed by atoms with E-state index in [9.17, 15) is 19.1 Å². The predicted molar refractivity (Wildman–Crippen MR) is 159 cm³/mol. The molecule has 2 fully saturated rings. The number of amides is 1. The molecule has 3 N–H and O–H groups in total. The summed E-state index contributed by atoms with van der Waals surface area (Å²) in [5.74, 6) is 1.17. The Hall–Kier alpha value is -2.89. The summed E-state index contributed by atoms with van der Waals surface area (Å²) in [6.45, 7) is 13.5. The minimum Gasteiger partial charge on any atom is -0.478 e. The van der Waals surface area contributed by atoms with Crippen LogP contribution in [0.1, 0.15) is 125 Å². The molecule has 3 aliphatic rings. The molecular weight excluding hydrogens is 503 g/mol. The van der Waals surface area contributed by atoms with Gasteiger partial charge in [-0.3, -0.25) is 4.79 Å². The highest BCUT2D eigenvalue weighted by Gasteiger charge is 2.41. The van der Waals surface area contributed by atoms with Gasteiger partial charge in [0.2, 0.25) is 0 Å². The van der Waals surface area contributed by atoms with Gasteiger partial charge in [-0.2, -0.15) is 0 Å². The van der Waals surface area contributed by atoms with Crippen molar-refractivity contribution in [2.45, 2.75) is 91.9 Å². The first-order valence-electron chi connectivity index (χ1n) is 15.3. The van der Waals surface area contributed by atoms with Crippen molar-refractivity contribution in [2.75, 3.05) is 5.32 Å². The summed E-state index contributed by atoms with van der Waals surface area (Å²) in [5, 5.41) is 13.7. The minimum atomic E-state index is -0.894. The third kappa shape index (κ3) is 5.26. The second kappa shape index (κ2) is 11.2. The molecule has 6 heteroatoms. The Kier molecular flexibility index (Phi) is 8.00. The number of H-pyrrole nitrogens is 1. The number of rotatable bonds is 6. The Morgan fingerprint density at radius 2 is 1.57 bits per heavy atom. The van der Waals surface area contributed by atoms with Crippen LogP contribution in [0.2, 0.25) is 0 Å². The monoisotopic (exact) mass is 548 g/mol. The van der Waals surface area contributed by atoms with Crippen molar-refractivity contribution in [3.8, 4) is 0 Å². The van der Waals surface area contributed by atoms with Crippen molar-refractivity contribution >= 4 is 29.2 Å². The van der Waals surface area contributed by atoms with E-state index in [4.69, 9.17) is 0 Å². The van der Waals surface area contributed by atoms with Gasteiger partial charge >= 0.3 is 5.97 Å². The third-order valence-corrected chi connectivity index (χ3v) is 10.2. The Morgan fingerprint density at radius 3 is 2.17 bits per heavy atom. The highest BCUT2D eigenvalue weighted by Crippen LogP contribution is 2.51. The van der Waals surface area contributed by atoms with Crippen molar-refractivity contribution in [2.24, 2.45) is 35.5 Å². The Bertz CT molecular complexity index is 1320. The van der Waals surface area contributed by atoms with Crippen LogP contribution in [0.25, 0.3) is 11.6 Å². The number of aromatic nitrogens is 1. The molecule has 5 nitrogen and oxygen atoms in total. The average Bonchev–Trinajstić information content (AvgIpc) is 3.41. The molecule has 2 saturated carbocycles. The molecule has 216 valence electrons. The number of carboxylic acid groups (broad SMARTS) is 1.